The van der Waals surface area contributed by atoms with Crippen LogP contribution in [0, 0.1) is 28.7 Å². The number of anilines is 1. The number of sulfonamides is 1. The highest BCUT2D eigenvalue weighted by Crippen LogP contribution is 2.35. The second-order valence-electron chi connectivity index (χ2n) is 4.56. The number of nitro groups is 1. The first-order valence-electron chi connectivity index (χ1n) is 6.05. The highest BCUT2D eigenvalue weighted by molar-refractivity contribution is 7.92. The van der Waals surface area contributed by atoms with Gasteiger partial charge in [-0.3, -0.25) is 14.8 Å². The number of hydrogen-bond donors (Lipinski definition) is 1. The maximum atomic E-state index is 14.0. The number of hydrogen-bond acceptors (Lipinski definition) is 4. The van der Waals surface area contributed by atoms with Gasteiger partial charge in [-0.25, -0.2) is 17.2 Å². The summed E-state index contributed by atoms with van der Waals surface area (Å²) in [5.74, 6) is -2.93. The molecule has 2 rings (SSSR count). The van der Waals surface area contributed by atoms with Crippen molar-refractivity contribution in [3.05, 3.63) is 62.7 Å². The quantitative estimate of drug-likeness (QED) is 0.511. The van der Waals surface area contributed by atoms with Gasteiger partial charge in [0.1, 0.15) is 5.02 Å². The van der Waals surface area contributed by atoms with Gasteiger partial charge in [0, 0.05) is 0 Å². The van der Waals surface area contributed by atoms with Gasteiger partial charge in [0.2, 0.25) is 0 Å². The van der Waals surface area contributed by atoms with E-state index in [1.807, 2.05) is 0 Å². The molecular weight excluding hydrogens is 354 g/mol. The Morgan fingerprint density at radius 1 is 1.22 bits per heavy atom. The molecule has 0 heterocycles. The summed E-state index contributed by atoms with van der Waals surface area (Å²) < 4.78 is 53.5. The molecule has 0 bridgehead atoms. The van der Waals surface area contributed by atoms with Gasteiger partial charge < -0.3 is 0 Å². The lowest BCUT2D eigenvalue weighted by atomic mass is 10.2. The second-order valence-corrected chi connectivity index (χ2v) is 6.62. The molecule has 0 spiro atoms. The van der Waals surface area contributed by atoms with Crippen molar-refractivity contribution in [2.45, 2.75) is 11.8 Å². The van der Waals surface area contributed by atoms with Crippen molar-refractivity contribution in [1.82, 2.24) is 0 Å². The third-order valence-corrected chi connectivity index (χ3v) is 4.62. The van der Waals surface area contributed by atoms with Crippen LogP contribution in [0.5, 0.6) is 0 Å². The normalized spacial score (nSPS) is 11.3. The molecule has 0 amide bonds. The summed E-state index contributed by atoms with van der Waals surface area (Å²) in [6.45, 7) is 1.73. The van der Waals surface area contributed by atoms with E-state index in [4.69, 9.17) is 11.6 Å². The summed E-state index contributed by atoms with van der Waals surface area (Å²) in [7, 11) is -4.31. The van der Waals surface area contributed by atoms with Crippen LogP contribution in [0.25, 0.3) is 0 Å². The standard InChI is InChI=1S/C13H9ClF2N2O4S/c1-7-2-4-8(5-3-7)23(21,22)17-13-10(18(19)20)6-9(15)11(14)12(13)16/h2-6,17H,1H3. The molecule has 0 aromatic heterocycles. The average molecular weight is 363 g/mol. The van der Waals surface area contributed by atoms with E-state index in [2.05, 4.69) is 0 Å². The maximum Gasteiger partial charge on any atom is 0.299 e. The maximum absolute atomic E-state index is 14.0. The van der Waals surface area contributed by atoms with Crippen LogP contribution in [0.2, 0.25) is 5.02 Å². The van der Waals surface area contributed by atoms with Crippen molar-refractivity contribution in [2.24, 2.45) is 0 Å². The SMILES string of the molecule is Cc1ccc(S(=O)(=O)Nc2c([N+](=O)[O-])cc(F)c(Cl)c2F)cc1. The lowest BCUT2D eigenvalue weighted by Gasteiger charge is -2.11. The van der Waals surface area contributed by atoms with Gasteiger partial charge >= 0.3 is 0 Å². The molecule has 6 nitrogen and oxygen atoms in total. The summed E-state index contributed by atoms with van der Waals surface area (Å²) in [6.07, 6.45) is 0. The van der Waals surface area contributed by atoms with E-state index >= 15 is 0 Å². The van der Waals surface area contributed by atoms with Gasteiger partial charge in [0.05, 0.1) is 15.9 Å². The number of nitrogens with zero attached hydrogens (tertiary/aromatic N) is 1. The summed E-state index contributed by atoms with van der Waals surface area (Å²) in [4.78, 5) is 9.54. The Morgan fingerprint density at radius 3 is 2.30 bits per heavy atom. The van der Waals surface area contributed by atoms with E-state index in [9.17, 15) is 27.3 Å². The van der Waals surface area contributed by atoms with Gasteiger partial charge in [-0.15, -0.1) is 0 Å². The fourth-order valence-electron chi connectivity index (χ4n) is 1.73. The molecule has 122 valence electrons. The lowest BCUT2D eigenvalue weighted by Crippen LogP contribution is -2.15. The van der Waals surface area contributed by atoms with Gasteiger partial charge in [-0.05, 0) is 19.1 Å². The van der Waals surface area contributed by atoms with Crippen molar-refractivity contribution < 1.29 is 22.1 Å². The zero-order chi connectivity index (χ0) is 17.4. The van der Waals surface area contributed by atoms with E-state index < -0.39 is 43.0 Å². The third-order valence-electron chi connectivity index (χ3n) is 2.91. The molecule has 1 N–H and O–H groups in total. The summed E-state index contributed by atoms with van der Waals surface area (Å²) in [5, 5.41) is 9.85. The minimum absolute atomic E-state index is 0.239. The summed E-state index contributed by atoms with van der Waals surface area (Å²) in [6, 6.07) is 5.82. The molecular formula is C13H9ClF2N2O4S. The predicted molar refractivity (Wildman–Crippen MR) is 80.0 cm³/mol. The largest absolute Gasteiger partial charge is 0.299 e. The number of nitro benzene ring substituents is 1. The lowest BCUT2D eigenvalue weighted by molar-refractivity contribution is -0.384. The van der Waals surface area contributed by atoms with E-state index in [1.54, 1.807) is 11.6 Å². The fourth-order valence-corrected chi connectivity index (χ4v) is 2.96. The van der Waals surface area contributed by atoms with Crippen LogP contribution < -0.4 is 4.72 Å². The molecule has 2 aromatic carbocycles. The minimum atomic E-state index is -4.31. The molecule has 0 unspecified atom stereocenters. The van der Waals surface area contributed by atoms with Crippen LogP contribution in [-0.2, 0) is 10.0 Å². The van der Waals surface area contributed by atoms with Crippen molar-refractivity contribution in [1.29, 1.82) is 0 Å². The molecule has 0 saturated carbocycles. The molecule has 10 heteroatoms. The van der Waals surface area contributed by atoms with E-state index in [0.717, 1.165) is 5.56 Å². The topological polar surface area (TPSA) is 89.3 Å². The molecule has 0 saturated heterocycles. The second kappa shape index (κ2) is 6.09. The zero-order valence-corrected chi connectivity index (χ0v) is 13.1. The van der Waals surface area contributed by atoms with Crippen LogP contribution >= 0.6 is 11.6 Å². The van der Waals surface area contributed by atoms with Crippen molar-refractivity contribution >= 4 is 33.0 Å². The minimum Gasteiger partial charge on any atom is -0.271 e. The fraction of sp³-hybridized carbons (Fsp3) is 0.0769. The average Bonchev–Trinajstić information content (AvgIpc) is 2.47. The molecule has 2 aromatic rings. The highest BCUT2D eigenvalue weighted by atomic mass is 35.5. The number of rotatable bonds is 4. The van der Waals surface area contributed by atoms with Crippen LogP contribution in [0.3, 0.4) is 0 Å². The Morgan fingerprint density at radius 2 is 1.78 bits per heavy atom. The molecule has 0 atom stereocenters. The number of aryl methyl sites for hydroxylation is 1. The number of halogens is 3. The third kappa shape index (κ3) is 3.40. The van der Waals surface area contributed by atoms with Gasteiger partial charge in [-0.2, -0.15) is 0 Å². The molecule has 0 radical (unpaired) electrons. The van der Waals surface area contributed by atoms with Gasteiger partial charge in [0.25, 0.3) is 15.7 Å². The predicted octanol–water partition coefficient (Wildman–Crippen LogP) is 3.64. The van der Waals surface area contributed by atoms with Crippen molar-refractivity contribution in [2.75, 3.05) is 4.72 Å². The Hall–Kier alpha value is -2.26. The first-order valence-corrected chi connectivity index (χ1v) is 7.91. The Balaban J connectivity index is 2.57. The van der Waals surface area contributed by atoms with Gasteiger partial charge in [0.15, 0.2) is 17.3 Å². The van der Waals surface area contributed by atoms with Crippen LogP contribution in [0.1, 0.15) is 5.56 Å². The molecule has 0 aliphatic rings. The zero-order valence-electron chi connectivity index (χ0n) is 11.5. The van der Waals surface area contributed by atoms with Crippen LogP contribution in [-0.4, -0.2) is 13.3 Å². The summed E-state index contributed by atoms with van der Waals surface area (Å²) >= 11 is 5.35. The van der Waals surface area contributed by atoms with Crippen molar-refractivity contribution in [3.8, 4) is 0 Å². The molecule has 23 heavy (non-hydrogen) atoms. The number of benzene rings is 2. The Kier molecular flexibility index (Phi) is 4.53. The van der Waals surface area contributed by atoms with Crippen molar-refractivity contribution in [3.63, 3.8) is 0 Å². The molecule has 0 aliphatic heterocycles. The Bertz CT molecular complexity index is 886. The molecule has 0 aliphatic carbocycles. The Labute approximate surface area is 134 Å². The van der Waals surface area contributed by atoms with E-state index in [-0.39, 0.29) is 4.90 Å². The summed E-state index contributed by atoms with van der Waals surface area (Å²) in [5.41, 5.74) is -1.33. The smallest absolute Gasteiger partial charge is 0.271 e. The first kappa shape index (κ1) is 17.1. The molecule has 0 fully saturated rings. The monoisotopic (exact) mass is 362 g/mol. The van der Waals surface area contributed by atoms with Gasteiger partial charge in [-0.1, -0.05) is 29.3 Å². The first-order chi connectivity index (χ1) is 10.6. The van der Waals surface area contributed by atoms with E-state index in [1.165, 1.54) is 24.3 Å². The number of nitrogens with one attached hydrogen (secondary N) is 1. The van der Waals surface area contributed by atoms with Crippen LogP contribution in [0.15, 0.2) is 35.2 Å². The highest BCUT2D eigenvalue weighted by Gasteiger charge is 2.28. The van der Waals surface area contributed by atoms with E-state index in [0.29, 0.717) is 6.07 Å². The van der Waals surface area contributed by atoms with Crippen LogP contribution in [0.4, 0.5) is 20.2 Å².